The lowest BCUT2D eigenvalue weighted by Crippen LogP contribution is -2.27. The average molecular weight is 312 g/mol. The third kappa shape index (κ3) is 2.58. The third-order valence-electron chi connectivity index (χ3n) is 5.16. The first-order chi connectivity index (χ1) is 11.2. The Labute approximate surface area is 134 Å². The minimum absolute atomic E-state index is 0.0581. The molecule has 2 aromatic rings. The number of hydrogen-bond donors (Lipinski definition) is 2. The van der Waals surface area contributed by atoms with Gasteiger partial charge in [-0.05, 0) is 43.2 Å². The number of amides is 1. The molecule has 0 radical (unpaired) electrons. The van der Waals surface area contributed by atoms with Gasteiger partial charge in [-0.1, -0.05) is 18.6 Å². The van der Waals surface area contributed by atoms with E-state index in [1.807, 2.05) is 24.3 Å². The zero-order chi connectivity index (χ0) is 15.8. The molecule has 1 heterocycles. The Hall–Kier alpha value is -2.37. The number of carbonyl (C=O) groups excluding carboxylic acids is 1. The molecule has 0 saturated heterocycles. The molecule has 2 N–H and O–H groups in total. The van der Waals surface area contributed by atoms with E-state index >= 15 is 0 Å². The molecule has 3 unspecified atom stereocenters. The van der Waals surface area contributed by atoms with Gasteiger partial charge in [0.05, 0.1) is 12.7 Å². The Kier molecular flexibility index (Phi) is 3.52. The summed E-state index contributed by atoms with van der Waals surface area (Å²) in [4.78, 5) is 16.8. The van der Waals surface area contributed by atoms with Crippen LogP contribution in [0.1, 0.15) is 25.7 Å². The fourth-order valence-corrected chi connectivity index (χ4v) is 4.05. The number of H-pyrrole nitrogens is 1. The highest BCUT2D eigenvalue weighted by molar-refractivity contribution is 5.91. The first kappa shape index (κ1) is 14.2. The van der Waals surface area contributed by atoms with Gasteiger partial charge in [0, 0.05) is 5.92 Å². The average Bonchev–Trinajstić information content (AvgIpc) is 3.31. The topological polar surface area (TPSA) is 79.9 Å². The van der Waals surface area contributed by atoms with Gasteiger partial charge in [0.1, 0.15) is 5.75 Å². The number of anilines is 1. The van der Waals surface area contributed by atoms with Gasteiger partial charge >= 0.3 is 0 Å². The number of aromatic amines is 1. The second-order valence-corrected chi connectivity index (χ2v) is 6.48. The number of methoxy groups -OCH3 is 1. The second-order valence-electron chi connectivity index (χ2n) is 6.48. The maximum atomic E-state index is 12.4. The Morgan fingerprint density at radius 1 is 1.30 bits per heavy atom. The summed E-state index contributed by atoms with van der Waals surface area (Å²) >= 11 is 0. The molecule has 6 heteroatoms. The van der Waals surface area contributed by atoms with Crippen LogP contribution in [0.2, 0.25) is 0 Å². The molecule has 2 fully saturated rings. The van der Waals surface area contributed by atoms with E-state index in [4.69, 9.17) is 4.74 Å². The fraction of sp³-hybridized carbons (Fsp3) is 0.471. The van der Waals surface area contributed by atoms with Gasteiger partial charge in [0.15, 0.2) is 5.82 Å². The Balaban J connectivity index is 1.49. The van der Waals surface area contributed by atoms with Crippen LogP contribution in [0.25, 0.3) is 11.4 Å². The Morgan fingerprint density at radius 3 is 2.91 bits per heavy atom. The first-order valence-corrected chi connectivity index (χ1v) is 8.11. The van der Waals surface area contributed by atoms with Crippen molar-refractivity contribution >= 4 is 11.9 Å². The van der Waals surface area contributed by atoms with E-state index in [1.54, 1.807) is 7.11 Å². The van der Waals surface area contributed by atoms with Gasteiger partial charge < -0.3 is 4.74 Å². The molecule has 0 spiro atoms. The van der Waals surface area contributed by atoms with E-state index < -0.39 is 0 Å². The minimum atomic E-state index is 0.0581. The second kappa shape index (κ2) is 5.68. The number of ether oxygens (including phenoxy) is 1. The van der Waals surface area contributed by atoms with Crippen LogP contribution in [0.15, 0.2) is 24.3 Å². The molecule has 120 valence electrons. The summed E-state index contributed by atoms with van der Waals surface area (Å²) < 4.78 is 5.33. The highest BCUT2D eigenvalue weighted by Crippen LogP contribution is 2.48. The molecular weight excluding hydrogens is 292 g/mol. The van der Waals surface area contributed by atoms with Crippen LogP contribution in [-0.2, 0) is 4.79 Å². The van der Waals surface area contributed by atoms with E-state index in [2.05, 4.69) is 20.5 Å². The summed E-state index contributed by atoms with van der Waals surface area (Å²) in [7, 11) is 1.62. The molecule has 2 aliphatic rings. The number of para-hydroxylation sites is 1. The monoisotopic (exact) mass is 312 g/mol. The summed E-state index contributed by atoms with van der Waals surface area (Å²) in [6.07, 6.45) is 4.69. The lowest BCUT2D eigenvalue weighted by molar-refractivity contribution is -0.121. The van der Waals surface area contributed by atoms with Crippen LogP contribution in [0.5, 0.6) is 5.75 Å². The van der Waals surface area contributed by atoms with Crippen LogP contribution in [0.3, 0.4) is 0 Å². The lowest BCUT2D eigenvalue weighted by Gasteiger charge is -2.19. The van der Waals surface area contributed by atoms with Crippen molar-refractivity contribution in [3.8, 4) is 17.1 Å². The smallest absolute Gasteiger partial charge is 0.249 e. The van der Waals surface area contributed by atoms with Crippen molar-refractivity contribution in [1.82, 2.24) is 15.2 Å². The van der Waals surface area contributed by atoms with Crippen molar-refractivity contribution in [2.24, 2.45) is 17.8 Å². The maximum absolute atomic E-state index is 12.4. The molecule has 2 bridgehead atoms. The zero-order valence-electron chi connectivity index (χ0n) is 13.1. The van der Waals surface area contributed by atoms with Crippen molar-refractivity contribution in [2.75, 3.05) is 12.4 Å². The van der Waals surface area contributed by atoms with Crippen LogP contribution in [0, 0.1) is 17.8 Å². The van der Waals surface area contributed by atoms with E-state index in [0.29, 0.717) is 17.7 Å². The summed E-state index contributed by atoms with van der Waals surface area (Å²) in [6.45, 7) is 0. The SMILES string of the molecule is COc1ccccc1-c1nc(NC(=O)C2CC3CCC2C3)n[nH]1. The molecule has 4 rings (SSSR count). The Bertz CT molecular complexity index is 727. The first-order valence-electron chi connectivity index (χ1n) is 8.11. The number of rotatable bonds is 4. The molecule has 1 aromatic heterocycles. The van der Waals surface area contributed by atoms with Crippen molar-refractivity contribution in [1.29, 1.82) is 0 Å². The van der Waals surface area contributed by atoms with E-state index in [9.17, 15) is 4.79 Å². The molecule has 2 aliphatic carbocycles. The number of hydrogen-bond acceptors (Lipinski definition) is 4. The fourth-order valence-electron chi connectivity index (χ4n) is 4.05. The van der Waals surface area contributed by atoms with E-state index in [1.165, 1.54) is 19.3 Å². The normalized spacial score (nSPS) is 25.5. The predicted octanol–water partition coefficient (Wildman–Crippen LogP) is 2.86. The standard InChI is InChI=1S/C17H20N4O2/c1-23-14-5-3-2-4-12(14)15-18-17(21-20-15)19-16(22)13-9-10-6-7-11(13)8-10/h2-5,10-11,13H,6-9H2,1H3,(H2,18,19,20,21,22). The summed E-state index contributed by atoms with van der Waals surface area (Å²) in [5.74, 6) is 3.11. The van der Waals surface area contributed by atoms with Gasteiger partial charge in [-0.2, -0.15) is 4.98 Å². The van der Waals surface area contributed by atoms with Gasteiger partial charge in [0.2, 0.25) is 11.9 Å². The van der Waals surface area contributed by atoms with Gasteiger partial charge in [-0.3, -0.25) is 15.2 Å². The highest BCUT2D eigenvalue weighted by atomic mass is 16.5. The maximum Gasteiger partial charge on any atom is 0.249 e. The molecule has 2 saturated carbocycles. The molecular formula is C17H20N4O2. The van der Waals surface area contributed by atoms with Gasteiger partial charge in [0.25, 0.3) is 0 Å². The predicted molar refractivity (Wildman–Crippen MR) is 85.9 cm³/mol. The number of benzene rings is 1. The molecule has 1 amide bonds. The van der Waals surface area contributed by atoms with Crippen LogP contribution in [0.4, 0.5) is 5.95 Å². The number of nitrogens with zero attached hydrogens (tertiary/aromatic N) is 2. The number of carbonyl (C=O) groups is 1. The van der Waals surface area contributed by atoms with Crippen LogP contribution in [-0.4, -0.2) is 28.2 Å². The van der Waals surface area contributed by atoms with Crippen LogP contribution < -0.4 is 10.1 Å². The van der Waals surface area contributed by atoms with Crippen molar-refractivity contribution in [3.63, 3.8) is 0 Å². The molecule has 23 heavy (non-hydrogen) atoms. The molecule has 3 atom stereocenters. The van der Waals surface area contributed by atoms with E-state index in [0.717, 1.165) is 23.7 Å². The third-order valence-corrected chi connectivity index (χ3v) is 5.16. The van der Waals surface area contributed by atoms with Crippen LogP contribution >= 0.6 is 0 Å². The van der Waals surface area contributed by atoms with E-state index in [-0.39, 0.29) is 11.8 Å². The largest absolute Gasteiger partial charge is 0.496 e. The molecule has 1 aromatic carbocycles. The van der Waals surface area contributed by atoms with Crippen molar-refractivity contribution < 1.29 is 9.53 Å². The quantitative estimate of drug-likeness (QED) is 0.909. The van der Waals surface area contributed by atoms with Gasteiger partial charge in [-0.15, -0.1) is 5.10 Å². The zero-order valence-corrected chi connectivity index (χ0v) is 13.1. The molecule has 6 nitrogen and oxygen atoms in total. The number of fused-ring (bicyclic) bond motifs is 2. The van der Waals surface area contributed by atoms with Crippen molar-refractivity contribution in [3.05, 3.63) is 24.3 Å². The summed E-state index contributed by atoms with van der Waals surface area (Å²) in [6, 6.07) is 7.58. The lowest BCUT2D eigenvalue weighted by atomic mass is 9.88. The number of aromatic nitrogens is 3. The Morgan fingerprint density at radius 2 is 2.17 bits per heavy atom. The number of nitrogens with one attached hydrogen (secondary N) is 2. The minimum Gasteiger partial charge on any atom is -0.496 e. The molecule has 0 aliphatic heterocycles. The van der Waals surface area contributed by atoms with Gasteiger partial charge in [-0.25, -0.2) is 0 Å². The summed E-state index contributed by atoms with van der Waals surface area (Å²) in [5, 5.41) is 9.85. The van der Waals surface area contributed by atoms with Crippen molar-refractivity contribution in [2.45, 2.75) is 25.7 Å². The highest BCUT2D eigenvalue weighted by Gasteiger charge is 2.43. The summed E-state index contributed by atoms with van der Waals surface area (Å²) in [5.41, 5.74) is 0.822.